The van der Waals surface area contributed by atoms with Crippen LogP contribution >= 0.6 is 0 Å². The number of pyridine rings is 1. The average molecular weight is 928 g/mol. The molecule has 5 unspecified atom stereocenters. The van der Waals surface area contributed by atoms with Crippen molar-refractivity contribution in [1.29, 1.82) is 0 Å². The van der Waals surface area contributed by atoms with E-state index in [1.165, 1.54) is 7.11 Å². The molecule has 3 saturated heterocycles. The van der Waals surface area contributed by atoms with Crippen LogP contribution in [0.5, 0.6) is 0 Å². The summed E-state index contributed by atoms with van der Waals surface area (Å²) in [4.78, 5) is 46.9. The molecule has 3 fully saturated rings. The van der Waals surface area contributed by atoms with E-state index in [9.17, 15) is 29.7 Å². The molecule has 0 saturated carbocycles. The van der Waals surface area contributed by atoms with E-state index in [1.807, 2.05) is 87.2 Å². The fourth-order valence-corrected chi connectivity index (χ4v) is 9.84. The first-order chi connectivity index (χ1) is 31.4. The van der Waals surface area contributed by atoms with Gasteiger partial charge in [-0.15, -0.1) is 0 Å². The first-order valence-electron chi connectivity index (χ1n) is 23.8. The molecule has 3 aliphatic rings. The maximum Gasteiger partial charge on any atom is 0.308 e. The molecule has 5 rings (SSSR count). The third kappa shape index (κ3) is 13.9. The number of ether oxygens (including phenoxy) is 7. The molecule has 1 aromatic carbocycles. The van der Waals surface area contributed by atoms with Crippen LogP contribution in [0, 0.1) is 17.8 Å². The molecule has 16 atom stereocenters. The lowest BCUT2D eigenvalue weighted by Crippen LogP contribution is -2.65. The van der Waals surface area contributed by atoms with Gasteiger partial charge in [-0.3, -0.25) is 14.6 Å². The van der Waals surface area contributed by atoms with Crippen LogP contribution in [0.2, 0.25) is 0 Å². The Balaban J connectivity index is 1.39. The second kappa shape index (κ2) is 24.7. The first kappa shape index (κ1) is 53.5. The summed E-state index contributed by atoms with van der Waals surface area (Å²) in [6.45, 7) is 12.2. The number of β-amino-alcohol motifs (C(OH)–C–C–N with tert-alkyl or cyclic N) is 1. The second-order valence-corrected chi connectivity index (χ2v) is 19.3. The predicted molar refractivity (Wildman–Crippen MR) is 248 cm³/mol. The number of benzene rings is 1. The van der Waals surface area contributed by atoms with E-state index >= 15 is 0 Å². The monoisotopic (exact) mass is 928 g/mol. The molecule has 16 nitrogen and oxygen atoms in total. The zero-order valence-electron chi connectivity index (χ0n) is 40.7. The molecule has 1 aromatic heterocycles. The molecule has 3 N–H and O–H groups in total. The van der Waals surface area contributed by atoms with Crippen molar-refractivity contribution in [2.45, 2.75) is 172 Å². The van der Waals surface area contributed by atoms with Crippen LogP contribution in [0.3, 0.4) is 0 Å². The van der Waals surface area contributed by atoms with Crippen molar-refractivity contribution in [1.82, 2.24) is 14.8 Å². The van der Waals surface area contributed by atoms with Crippen LogP contribution in [0.1, 0.15) is 98.5 Å². The predicted octanol–water partition coefficient (Wildman–Crippen LogP) is 4.92. The third-order valence-corrected chi connectivity index (χ3v) is 14.0. The van der Waals surface area contributed by atoms with Crippen LogP contribution in [0.15, 0.2) is 42.7 Å². The van der Waals surface area contributed by atoms with E-state index in [2.05, 4.69) is 4.98 Å². The van der Waals surface area contributed by atoms with Crippen molar-refractivity contribution in [3.63, 3.8) is 0 Å². The van der Waals surface area contributed by atoms with Gasteiger partial charge in [0.15, 0.2) is 12.6 Å². The smallest absolute Gasteiger partial charge is 0.308 e. The number of likely N-dealkylation sites (N-methyl/N-ethyl adjacent to an activating group) is 2. The number of aliphatic hydroxyl groups excluding tert-OH is 3. The van der Waals surface area contributed by atoms with Crippen molar-refractivity contribution in [3.8, 4) is 0 Å². The van der Waals surface area contributed by atoms with Gasteiger partial charge in [-0.05, 0) is 84.9 Å². The molecule has 3 aliphatic heterocycles. The van der Waals surface area contributed by atoms with Gasteiger partial charge in [0, 0.05) is 68.6 Å². The Labute approximate surface area is 391 Å². The lowest BCUT2D eigenvalue weighted by atomic mass is 9.81. The highest BCUT2D eigenvalue weighted by molar-refractivity contribution is 5.89. The van der Waals surface area contributed by atoms with Crippen molar-refractivity contribution in [2.24, 2.45) is 17.8 Å². The number of hydrogen-bond acceptors (Lipinski definition) is 16. The van der Waals surface area contributed by atoms with Crippen molar-refractivity contribution < 1.29 is 62.9 Å². The number of fused-ring (bicyclic) bond motifs is 1. The fourth-order valence-electron chi connectivity index (χ4n) is 9.84. The van der Waals surface area contributed by atoms with Crippen LogP contribution < -0.4 is 0 Å². The molecule has 0 spiro atoms. The summed E-state index contributed by atoms with van der Waals surface area (Å²) >= 11 is 0. The number of esters is 2. The number of hydrogen-bond donors (Lipinski definition) is 3. The van der Waals surface area contributed by atoms with E-state index in [-0.39, 0.29) is 49.6 Å². The number of rotatable bonds is 13. The number of aromatic nitrogens is 1. The zero-order chi connectivity index (χ0) is 48.3. The quantitative estimate of drug-likeness (QED) is 0.181. The minimum Gasteiger partial charge on any atom is -0.462 e. The van der Waals surface area contributed by atoms with Gasteiger partial charge in [-0.2, -0.15) is 0 Å². The molecule has 0 aliphatic carbocycles. The molecule has 4 heterocycles. The van der Waals surface area contributed by atoms with Gasteiger partial charge in [-0.1, -0.05) is 57.2 Å². The Hall–Kier alpha value is -3.42. The zero-order valence-corrected chi connectivity index (χ0v) is 40.7. The third-order valence-electron chi connectivity index (χ3n) is 14.0. The van der Waals surface area contributed by atoms with Crippen molar-refractivity contribution in [3.05, 3.63) is 48.3 Å². The van der Waals surface area contributed by atoms with E-state index in [0.717, 1.165) is 22.6 Å². The lowest BCUT2D eigenvalue weighted by molar-refractivity contribution is -0.341. The van der Waals surface area contributed by atoms with Gasteiger partial charge in [0.2, 0.25) is 0 Å². The normalized spacial score (nSPS) is 37.2. The second-order valence-electron chi connectivity index (χ2n) is 19.3. The summed E-state index contributed by atoms with van der Waals surface area (Å²) in [6, 6.07) is 7.26. The maximum absolute atomic E-state index is 13.8. The van der Waals surface area contributed by atoms with Crippen LogP contribution in [0.25, 0.3) is 16.8 Å². The molecule has 370 valence electrons. The lowest BCUT2D eigenvalue weighted by Gasteiger charge is -2.51. The van der Waals surface area contributed by atoms with Gasteiger partial charge in [0.25, 0.3) is 0 Å². The highest BCUT2D eigenvalue weighted by atomic mass is 16.7. The Morgan fingerprint density at radius 2 is 1.74 bits per heavy atom. The summed E-state index contributed by atoms with van der Waals surface area (Å²) in [5.74, 6) is -2.05. The van der Waals surface area contributed by atoms with Gasteiger partial charge >= 0.3 is 11.9 Å². The van der Waals surface area contributed by atoms with E-state index < -0.39 is 91.4 Å². The SMILES string of the molecule is CCC(=O)OC1(C)C[C@H](O[C@@H]2C(C)O[C@@H](O[C@H]3[C@@H](CC=O)C[C@@H](C)[C@@H](O)CN(C)CCC[C@H](C/C=C/c4cncc5ccccc45)OC(=O)C[C@@H](O)[C@@H]3OC)C(O)C2N(C)C)OC(C)[C@@H]1C. The van der Waals surface area contributed by atoms with Crippen molar-refractivity contribution >= 4 is 35.1 Å². The summed E-state index contributed by atoms with van der Waals surface area (Å²) in [5.41, 5.74) is 0.0771. The highest BCUT2D eigenvalue weighted by Crippen LogP contribution is 2.40. The van der Waals surface area contributed by atoms with Crippen LogP contribution in [0.4, 0.5) is 0 Å². The number of nitrogens with zero attached hydrogens (tertiary/aromatic N) is 3. The first-order valence-corrected chi connectivity index (χ1v) is 23.8. The molecule has 16 heteroatoms. The average Bonchev–Trinajstić information content (AvgIpc) is 3.26. The van der Waals surface area contributed by atoms with Gasteiger partial charge in [0.05, 0.1) is 43.0 Å². The minimum absolute atomic E-state index is 0.0343. The number of aliphatic hydroxyl groups is 3. The topological polar surface area (TPSA) is 196 Å². The summed E-state index contributed by atoms with van der Waals surface area (Å²) in [6.07, 6.45) is 0.0201. The maximum atomic E-state index is 13.8. The molecular weight excluding hydrogens is 851 g/mol. The Morgan fingerprint density at radius 1 is 1.00 bits per heavy atom. The molecule has 0 bridgehead atoms. The Kier molecular flexibility index (Phi) is 20.1. The number of methoxy groups -OCH3 is 1. The Bertz CT molecular complexity index is 1880. The van der Waals surface area contributed by atoms with Crippen LogP contribution in [-0.4, -0.2) is 169 Å². The Morgan fingerprint density at radius 3 is 2.44 bits per heavy atom. The minimum atomic E-state index is -1.46. The number of cyclic esters (lactones) is 1. The molecule has 2 aromatic rings. The summed E-state index contributed by atoms with van der Waals surface area (Å²) < 4.78 is 44.1. The fraction of sp³-hybridized carbons (Fsp3) is 0.720. The number of carbonyl (C=O) groups is 3. The molecule has 0 radical (unpaired) electrons. The van der Waals surface area contributed by atoms with E-state index in [4.69, 9.17) is 33.2 Å². The van der Waals surface area contributed by atoms with Crippen LogP contribution in [-0.2, 0) is 47.5 Å². The molecule has 66 heavy (non-hydrogen) atoms. The summed E-state index contributed by atoms with van der Waals surface area (Å²) in [5, 5.41) is 37.6. The standard InChI is InChI=1S/C50H77N3O13/c1-11-41(57)66-50(6)26-43(61-32(4)31(50)3)64-46-33(5)62-49(45(59)44(46)52(7)8)65-47-34(21-23-54)24-30(2)40(56)29-53(9)22-15-19-37(63-42(58)25-39(55)48(47)60-10)18-14-17-36-28-51-27-35-16-12-13-20-38(35)36/h12-14,16-17,20,23,27-28,30-34,37,39-40,43-49,55-56,59H,11,15,18-19,21-22,24-26,29H2,1-10H3/b17-14+/t30-,31+,32?,33?,34+,37+,39-,40+,43+,44?,45?,46-,47+,48+,49+,50?/m1/s1. The summed E-state index contributed by atoms with van der Waals surface area (Å²) in [7, 11) is 6.93. The van der Waals surface area contributed by atoms with Crippen molar-refractivity contribution in [2.75, 3.05) is 41.3 Å². The largest absolute Gasteiger partial charge is 0.462 e. The van der Waals surface area contributed by atoms with E-state index in [0.29, 0.717) is 32.4 Å². The highest BCUT2D eigenvalue weighted by Gasteiger charge is 2.52. The van der Waals surface area contributed by atoms with Gasteiger partial charge < -0.3 is 63.1 Å². The number of aldehydes is 1. The molecular formula is C50H77N3O13. The number of carbonyl (C=O) groups excluding carboxylic acids is 3. The van der Waals surface area contributed by atoms with Gasteiger partial charge in [0.1, 0.15) is 36.3 Å². The van der Waals surface area contributed by atoms with E-state index in [1.54, 1.807) is 34.1 Å². The van der Waals surface area contributed by atoms with Gasteiger partial charge in [-0.25, -0.2) is 0 Å². The molecule has 0 amide bonds.